The van der Waals surface area contributed by atoms with Crippen molar-refractivity contribution in [2.75, 3.05) is 0 Å². The predicted molar refractivity (Wildman–Crippen MR) is 100 cm³/mol. The van der Waals surface area contributed by atoms with Gasteiger partial charge < -0.3 is 5.11 Å². The number of aliphatic hydroxyl groups excluding tert-OH is 1. The quantitative estimate of drug-likeness (QED) is 0.573. The molecule has 25 heavy (non-hydrogen) atoms. The van der Waals surface area contributed by atoms with Crippen molar-refractivity contribution in [3.05, 3.63) is 71.5 Å². The number of benzene rings is 2. The molecule has 0 saturated carbocycles. The second kappa shape index (κ2) is 6.99. The molecule has 0 spiro atoms. The van der Waals surface area contributed by atoms with E-state index >= 15 is 0 Å². The highest BCUT2D eigenvalue weighted by molar-refractivity contribution is 5.66. The van der Waals surface area contributed by atoms with E-state index in [9.17, 15) is 13.9 Å². The van der Waals surface area contributed by atoms with Gasteiger partial charge in [0.2, 0.25) is 0 Å². The maximum Gasteiger partial charge on any atom is 0.130 e. The Balaban J connectivity index is 2.42. The number of rotatable bonds is 6. The van der Waals surface area contributed by atoms with Crippen LogP contribution in [0.1, 0.15) is 50.8 Å². The number of hydrogen-bond acceptors (Lipinski definition) is 1. The lowest BCUT2D eigenvalue weighted by molar-refractivity contribution is 0.212. The van der Waals surface area contributed by atoms with E-state index in [2.05, 4.69) is 6.58 Å². The van der Waals surface area contributed by atoms with Crippen LogP contribution in [0, 0.1) is 0 Å². The molecule has 0 atom stereocenters. The Bertz CT molecular complexity index is 715. The third kappa shape index (κ3) is 5.15. The lowest BCUT2D eigenvalue weighted by atomic mass is 9.88. The molecule has 2 aromatic rings. The fourth-order valence-corrected chi connectivity index (χ4v) is 2.63. The van der Waals surface area contributed by atoms with Gasteiger partial charge in [0.15, 0.2) is 0 Å². The van der Waals surface area contributed by atoms with Gasteiger partial charge in [-0.3, -0.25) is 0 Å². The first kappa shape index (κ1) is 19.2. The Kier molecular flexibility index (Phi) is 5.36. The molecule has 134 valence electrons. The van der Waals surface area contributed by atoms with E-state index < -0.39 is 11.3 Å². The number of allylic oxidation sites excluding steroid dienone is 1. The minimum absolute atomic E-state index is 0.164. The van der Waals surface area contributed by atoms with Crippen molar-refractivity contribution in [3.8, 4) is 11.1 Å². The van der Waals surface area contributed by atoms with E-state index in [1.54, 1.807) is 18.2 Å². The van der Waals surface area contributed by atoms with Gasteiger partial charge in [-0.1, -0.05) is 30.8 Å². The molecule has 2 aromatic carbocycles. The van der Waals surface area contributed by atoms with Crippen molar-refractivity contribution in [2.45, 2.75) is 51.9 Å². The predicted octanol–water partition coefficient (Wildman–Crippen LogP) is 6.77. The summed E-state index contributed by atoms with van der Waals surface area (Å²) >= 11 is 0. The zero-order valence-corrected chi connectivity index (χ0v) is 15.4. The van der Waals surface area contributed by atoms with Gasteiger partial charge in [-0.05, 0) is 80.1 Å². The summed E-state index contributed by atoms with van der Waals surface area (Å²) in [6.45, 7) is 9.40. The van der Waals surface area contributed by atoms with Crippen LogP contribution in [0.2, 0.25) is 0 Å². The van der Waals surface area contributed by atoms with Crippen LogP contribution in [0.15, 0.2) is 54.8 Å². The van der Waals surface area contributed by atoms with Crippen LogP contribution in [0.3, 0.4) is 0 Å². The smallest absolute Gasteiger partial charge is 0.130 e. The Morgan fingerprint density at radius 2 is 1.36 bits per heavy atom. The van der Waals surface area contributed by atoms with Crippen LogP contribution in [-0.2, 0) is 17.8 Å². The van der Waals surface area contributed by atoms with Gasteiger partial charge in [0.1, 0.15) is 11.3 Å². The summed E-state index contributed by atoms with van der Waals surface area (Å²) in [6.07, 6.45) is 1.22. The fraction of sp³-hybridized carbons (Fsp3) is 0.364. The molecule has 0 amide bonds. The third-order valence-electron chi connectivity index (χ3n) is 4.30. The van der Waals surface area contributed by atoms with Crippen LogP contribution < -0.4 is 0 Å². The van der Waals surface area contributed by atoms with Gasteiger partial charge in [0, 0.05) is 6.42 Å². The molecule has 0 bridgehead atoms. The second-order valence-electron chi connectivity index (χ2n) is 7.51. The Morgan fingerprint density at radius 1 is 0.880 bits per heavy atom. The lowest BCUT2D eigenvalue weighted by Crippen LogP contribution is -2.14. The minimum Gasteiger partial charge on any atom is -0.513 e. The van der Waals surface area contributed by atoms with E-state index in [1.807, 2.05) is 24.3 Å². The number of hydrogen-bond donors (Lipinski definition) is 1. The first-order valence-corrected chi connectivity index (χ1v) is 8.47. The van der Waals surface area contributed by atoms with Gasteiger partial charge >= 0.3 is 0 Å². The molecule has 0 aliphatic carbocycles. The molecule has 3 heteroatoms. The highest BCUT2D eigenvalue weighted by atomic mass is 19.1. The van der Waals surface area contributed by atoms with E-state index in [-0.39, 0.29) is 5.76 Å². The average Bonchev–Trinajstić information content (AvgIpc) is 2.51. The van der Waals surface area contributed by atoms with Gasteiger partial charge in [0.05, 0.1) is 5.76 Å². The van der Waals surface area contributed by atoms with E-state index in [4.69, 9.17) is 0 Å². The summed E-state index contributed by atoms with van der Waals surface area (Å²) in [7, 11) is 0. The second-order valence-corrected chi connectivity index (χ2v) is 7.51. The average molecular weight is 344 g/mol. The van der Waals surface area contributed by atoms with Crippen molar-refractivity contribution in [1.29, 1.82) is 0 Å². The summed E-state index contributed by atoms with van der Waals surface area (Å²) in [5.74, 6) is 0.164. The molecule has 0 unspecified atom stereocenters. The summed E-state index contributed by atoms with van der Waals surface area (Å²) in [5, 5.41) is 9.19. The van der Waals surface area contributed by atoms with Crippen LogP contribution in [0.5, 0.6) is 0 Å². The number of halogens is 2. The largest absolute Gasteiger partial charge is 0.513 e. The first-order valence-electron chi connectivity index (χ1n) is 8.47. The molecular weight excluding hydrogens is 318 g/mol. The monoisotopic (exact) mass is 344 g/mol. The minimum atomic E-state index is -1.54. The van der Waals surface area contributed by atoms with Gasteiger partial charge in [-0.25, -0.2) is 8.78 Å². The molecule has 0 aromatic heterocycles. The molecule has 0 fully saturated rings. The van der Waals surface area contributed by atoms with Gasteiger partial charge in [-0.15, -0.1) is 0 Å². The lowest BCUT2D eigenvalue weighted by Gasteiger charge is -2.22. The van der Waals surface area contributed by atoms with Crippen molar-refractivity contribution >= 4 is 0 Å². The SMILES string of the molecule is C=C(O)CCc1ccc(-c2cc(C(C)(C)F)cc(C(C)(C)F)c2)cc1. The summed E-state index contributed by atoms with van der Waals surface area (Å²) in [6, 6.07) is 13.0. The topological polar surface area (TPSA) is 20.2 Å². The summed E-state index contributed by atoms with van der Waals surface area (Å²) in [5.41, 5.74) is 0.615. The maximum absolute atomic E-state index is 14.5. The molecule has 0 aliphatic heterocycles. The molecule has 0 aliphatic rings. The van der Waals surface area contributed by atoms with Crippen LogP contribution in [0.25, 0.3) is 11.1 Å². The third-order valence-corrected chi connectivity index (χ3v) is 4.30. The molecule has 0 saturated heterocycles. The van der Waals surface area contributed by atoms with Crippen LogP contribution in [0.4, 0.5) is 8.78 Å². The molecule has 0 heterocycles. The number of alkyl halides is 2. The van der Waals surface area contributed by atoms with Crippen LogP contribution >= 0.6 is 0 Å². The van der Waals surface area contributed by atoms with E-state index in [1.165, 1.54) is 27.7 Å². The molecule has 1 nitrogen and oxygen atoms in total. The summed E-state index contributed by atoms with van der Waals surface area (Å²) in [4.78, 5) is 0. The van der Waals surface area contributed by atoms with E-state index in [0.717, 1.165) is 16.7 Å². The number of aryl methyl sites for hydroxylation is 1. The van der Waals surface area contributed by atoms with Crippen molar-refractivity contribution < 1.29 is 13.9 Å². The Labute approximate surface area is 149 Å². The summed E-state index contributed by atoms with van der Waals surface area (Å²) < 4.78 is 28.9. The molecular formula is C22H26F2O. The van der Waals surface area contributed by atoms with Crippen molar-refractivity contribution in [2.24, 2.45) is 0 Å². The molecule has 1 N–H and O–H groups in total. The molecule has 2 rings (SSSR count). The van der Waals surface area contributed by atoms with Crippen molar-refractivity contribution in [3.63, 3.8) is 0 Å². The van der Waals surface area contributed by atoms with Crippen molar-refractivity contribution in [1.82, 2.24) is 0 Å². The van der Waals surface area contributed by atoms with E-state index in [0.29, 0.717) is 24.0 Å². The maximum atomic E-state index is 14.5. The number of aliphatic hydroxyl groups is 1. The molecule has 0 radical (unpaired) electrons. The zero-order valence-electron chi connectivity index (χ0n) is 15.4. The van der Waals surface area contributed by atoms with Gasteiger partial charge in [0.25, 0.3) is 0 Å². The highest BCUT2D eigenvalue weighted by Crippen LogP contribution is 2.35. The van der Waals surface area contributed by atoms with Gasteiger partial charge in [-0.2, -0.15) is 0 Å². The highest BCUT2D eigenvalue weighted by Gasteiger charge is 2.25. The normalized spacial score (nSPS) is 12.2. The zero-order chi connectivity index (χ0) is 18.8. The standard InChI is InChI=1S/C22H26F2O/c1-15(25)6-7-16-8-10-17(11-9-16)18-12-19(21(2,3)23)14-20(13-18)22(4,5)24/h8-14,25H,1,6-7H2,2-5H3. The van der Waals surface area contributed by atoms with Crippen LogP contribution in [-0.4, -0.2) is 5.11 Å². The Hall–Kier alpha value is -2.16. The first-order chi connectivity index (χ1) is 11.5. The Morgan fingerprint density at radius 3 is 1.76 bits per heavy atom. The fourth-order valence-electron chi connectivity index (χ4n) is 2.63.